The van der Waals surface area contributed by atoms with E-state index in [4.69, 9.17) is 4.74 Å². The van der Waals surface area contributed by atoms with Gasteiger partial charge in [0.2, 0.25) is 10.0 Å². The number of carbonyl (C=O) groups excluding carboxylic acids is 3. The minimum atomic E-state index is -3.73. The molecule has 9 heteroatoms. The molecule has 0 heterocycles. The first-order valence-corrected chi connectivity index (χ1v) is 9.66. The van der Waals surface area contributed by atoms with Crippen molar-refractivity contribution in [3.05, 3.63) is 65.2 Å². The largest absolute Gasteiger partial charge is 0.452 e. The summed E-state index contributed by atoms with van der Waals surface area (Å²) in [7, 11) is -0.973. The number of nitrogens with zero attached hydrogens (tertiary/aromatic N) is 1. The monoisotopic (exact) mass is 404 g/mol. The first-order valence-electron chi connectivity index (χ1n) is 8.22. The number of rotatable bonds is 6. The van der Waals surface area contributed by atoms with Gasteiger partial charge in [-0.2, -0.15) is 0 Å². The van der Waals surface area contributed by atoms with Crippen LogP contribution in [0.25, 0.3) is 0 Å². The molecule has 0 aliphatic heterocycles. The van der Waals surface area contributed by atoms with Gasteiger partial charge in [-0.15, -0.1) is 0 Å². The average Bonchev–Trinajstić information content (AvgIpc) is 2.66. The van der Waals surface area contributed by atoms with E-state index in [1.165, 1.54) is 44.4 Å². The lowest BCUT2D eigenvalue weighted by atomic mass is 10.1. The fourth-order valence-corrected chi connectivity index (χ4v) is 3.15. The van der Waals surface area contributed by atoms with Gasteiger partial charge in [0.1, 0.15) is 0 Å². The Kier molecular flexibility index (Phi) is 6.66. The highest BCUT2D eigenvalue weighted by atomic mass is 32.2. The Hall–Kier alpha value is -3.04. The number of carbonyl (C=O) groups is 3. The summed E-state index contributed by atoms with van der Waals surface area (Å²) in [5, 5.41) is 2.11. The zero-order valence-corrected chi connectivity index (χ0v) is 16.4. The molecule has 148 valence electrons. The second kappa shape index (κ2) is 8.77. The number of esters is 1. The molecule has 2 aromatic carbocycles. The molecule has 0 unspecified atom stereocenters. The van der Waals surface area contributed by atoms with Crippen LogP contribution in [0.3, 0.4) is 0 Å². The smallest absolute Gasteiger partial charge is 0.338 e. The van der Waals surface area contributed by atoms with Crippen molar-refractivity contribution in [1.29, 1.82) is 0 Å². The summed E-state index contributed by atoms with van der Waals surface area (Å²) in [6, 6.07) is 12.2. The maximum Gasteiger partial charge on any atom is 0.338 e. The van der Waals surface area contributed by atoms with Gasteiger partial charge in [0.25, 0.3) is 11.8 Å². The SMILES string of the molecule is Cc1ccc(S(=O)(=O)N(C)C)cc1C(=O)OCC(=O)NC(=O)c1ccccc1. The van der Waals surface area contributed by atoms with Gasteiger partial charge in [-0.1, -0.05) is 24.3 Å². The lowest BCUT2D eigenvalue weighted by Gasteiger charge is -2.13. The number of benzene rings is 2. The van der Waals surface area contributed by atoms with Crippen LogP contribution in [0.2, 0.25) is 0 Å². The number of hydrogen-bond acceptors (Lipinski definition) is 6. The molecule has 0 spiro atoms. The molecule has 0 saturated carbocycles. The van der Waals surface area contributed by atoms with Crippen LogP contribution in [-0.4, -0.2) is 51.2 Å². The maximum absolute atomic E-state index is 12.3. The number of hydrogen-bond donors (Lipinski definition) is 1. The molecule has 2 aromatic rings. The van der Waals surface area contributed by atoms with Gasteiger partial charge >= 0.3 is 5.97 Å². The quantitative estimate of drug-likeness (QED) is 0.728. The van der Waals surface area contributed by atoms with Crippen molar-refractivity contribution in [2.75, 3.05) is 20.7 Å². The Balaban J connectivity index is 2.05. The molecule has 0 radical (unpaired) electrons. The van der Waals surface area contributed by atoms with Crippen molar-refractivity contribution in [2.45, 2.75) is 11.8 Å². The molecule has 0 fully saturated rings. The zero-order valence-electron chi connectivity index (χ0n) is 15.6. The van der Waals surface area contributed by atoms with Crippen molar-refractivity contribution in [2.24, 2.45) is 0 Å². The average molecular weight is 404 g/mol. The Bertz CT molecular complexity index is 1000. The second-order valence-electron chi connectivity index (χ2n) is 6.08. The van der Waals surface area contributed by atoms with Crippen LogP contribution in [0, 0.1) is 6.92 Å². The summed E-state index contributed by atoms with van der Waals surface area (Å²) in [6.07, 6.45) is 0. The topological polar surface area (TPSA) is 110 Å². The van der Waals surface area contributed by atoms with E-state index in [0.717, 1.165) is 4.31 Å². The van der Waals surface area contributed by atoms with Crippen LogP contribution in [0.1, 0.15) is 26.3 Å². The number of imide groups is 1. The van der Waals surface area contributed by atoms with Crippen molar-refractivity contribution in [3.8, 4) is 0 Å². The summed E-state index contributed by atoms with van der Waals surface area (Å²) < 4.78 is 30.4. The van der Waals surface area contributed by atoms with E-state index in [1.54, 1.807) is 25.1 Å². The Labute approximate surface area is 163 Å². The molecule has 0 saturated heterocycles. The fourth-order valence-electron chi connectivity index (χ4n) is 2.23. The lowest BCUT2D eigenvalue weighted by Crippen LogP contribution is -2.34. The first kappa shape index (κ1) is 21.3. The van der Waals surface area contributed by atoms with E-state index in [1.807, 2.05) is 0 Å². The highest BCUT2D eigenvalue weighted by Gasteiger charge is 2.21. The minimum absolute atomic E-state index is 0.0186. The number of amides is 2. The second-order valence-corrected chi connectivity index (χ2v) is 8.24. The number of sulfonamides is 1. The third kappa shape index (κ3) is 5.02. The molecule has 1 N–H and O–H groups in total. The van der Waals surface area contributed by atoms with Crippen LogP contribution < -0.4 is 5.32 Å². The third-order valence-corrected chi connectivity index (χ3v) is 5.64. The Morgan fingerprint density at radius 2 is 1.68 bits per heavy atom. The molecule has 0 aromatic heterocycles. The highest BCUT2D eigenvalue weighted by molar-refractivity contribution is 7.89. The van der Waals surface area contributed by atoms with Crippen molar-refractivity contribution in [1.82, 2.24) is 9.62 Å². The fraction of sp³-hybridized carbons (Fsp3) is 0.211. The van der Waals surface area contributed by atoms with Gasteiger partial charge in [0.15, 0.2) is 6.61 Å². The summed E-state index contributed by atoms with van der Waals surface area (Å²) in [5.74, 6) is -2.27. The number of ether oxygens (including phenoxy) is 1. The standard InChI is InChI=1S/C19H20N2O6S/c1-13-9-10-15(28(25,26)21(2)3)11-16(13)19(24)27-12-17(22)20-18(23)14-7-5-4-6-8-14/h4-11H,12H2,1-3H3,(H,20,22,23). The molecule has 2 rings (SSSR count). The van der Waals surface area contributed by atoms with Crippen molar-refractivity contribution in [3.63, 3.8) is 0 Å². The predicted octanol–water partition coefficient (Wildman–Crippen LogP) is 1.36. The molecule has 2 amide bonds. The molecule has 28 heavy (non-hydrogen) atoms. The molecule has 8 nitrogen and oxygen atoms in total. The number of nitrogens with one attached hydrogen (secondary N) is 1. The van der Waals surface area contributed by atoms with Crippen LogP contribution in [0.5, 0.6) is 0 Å². The minimum Gasteiger partial charge on any atom is -0.452 e. The van der Waals surface area contributed by atoms with E-state index in [9.17, 15) is 22.8 Å². The predicted molar refractivity (Wildman–Crippen MR) is 101 cm³/mol. The molecule has 0 bridgehead atoms. The summed E-state index contributed by atoms with van der Waals surface area (Å²) >= 11 is 0. The van der Waals surface area contributed by atoms with Crippen molar-refractivity contribution < 1.29 is 27.5 Å². The highest BCUT2D eigenvalue weighted by Crippen LogP contribution is 2.18. The van der Waals surface area contributed by atoms with Gasteiger partial charge in [-0.25, -0.2) is 17.5 Å². The van der Waals surface area contributed by atoms with E-state index in [0.29, 0.717) is 11.1 Å². The Morgan fingerprint density at radius 3 is 2.29 bits per heavy atom. The summed E-state index contributed by atoms with van der Waals surface area (Å²) in [6.45, 7) is 0.934. The zero-order chi connectivity index (χ0) is 20.9. The van der Waals surface area contributed by atoms with E-state index >= 15 is 0 Å². The van der Waals surface area contributed by atoms with Gasteiger partial charge in [-0.3, -0.25) is 14.9 Å². The first-order chi connectivity index (χ1) is 13.1. The van der Waals surface area contributed by atoms with E-state index in [2.05, 4.69) is 5.32 Å². The number of aryl methyl sites for hydroxylation is 1. The van der Waals surface area contributed by atoms with Crippen LogP contribution in [-0.2, 0) is 19.6 Å². The summed E-state index contributed by atoms with van der Waals surface area (Å²) in [5.41, 5.74) is 0.799. The Morgan fingerprint density at radius 1 is 1.04 bits per heavy atom. The molecular formula is C19H20N2O6S. The van der Waals surface area contributed by atoms with Gasteiger partial charge in [0, 0.05) is 19.7 Å². The van der Waals surface area contributed by atoms with Crippen LogP contribution >= 0.6 is 0 Å². The van der Waals surface area contributed by atoms with E-state index < -0.39 is 34.4 Å². The lowest BCUT2D eigenvalue weighted by molar-refractivity contribution is -0.123. The van der Waals surface area contributed by atoms with Gasteiger partial charge in [-0.05, 0) is 36.8 Å². The van der Waals surface area contributed by atoms with Crippen molar-refractivity contribution >= 4 is 27.8 Å². The van der Waals surface area contributed by atoms with Crippen LogP contribution in [0.15, 0.2) is 53.4 Å². The van der Waals surface area contributed by atoms with Crippen LogP contribution in [0.4, 0.5) is 0 Å². The normalized spacial score (nSPS) is 11.1. The van der Waals surface area contributed by atoms with Gasteiger partial charge < -0.3 is 4.74 Å². The molecule has 0 aliphatic rings. The maximum atomic E-state index is 12.3. The molecule has 0 atom stereocenters. The van der Waals surface area contributed by atoms with E-state index in [-0.39, 0.29) is 10.5 Å². The van der Waals surface area contributed by atoms with Gasteiger partial charge in [0.05, 0.1) is 10.5 Å². The summed E-state index contributed by atoms with van der Waals surface area (Å²) in [4.78, 5) is 36.0. The molecule has 0 aliphatic carbocycles. The molecular weight excluding hydrogens is 384 g/mol. The third-order valence-electron chi connectivity index (χ3n) is 3.83.